The van der Waals surface area contributed by atoms with Crippen LogP contribution in [0.1, 0.15) is 10.4 Å². The van der Waals surface area contributed by atoms with Crippen LogP contribution < -0.4 is 10.6 Å². The van der Waals surface area contributed by atoms with Crippen LogP contribution in [0.2, 0.25) is 0 Å². The van der Waals surface area contributed by atoms with Gasteiger partial charge >= 0.3 is 6.03 Å². The number of aromatic nitrogens is 1. The lowest BCUT2D eigenvalue weighted by Gasteiger charge is -2.10. The van der Waals surface area contributed by atoms with Gasteiger partial charge in [0.25, 0.3) is 0 Å². The third-order valence-corrected chi connectivity index (χ3v) is 6.10. The summed E-state index contributed by atoms with van der Waals surface area (Å²) < 4.78 is 13.3. The molecule has 1 unspecified atom stereocenters. The molecule has 1 atom stereocenters. The fourth-order valence-corrected chi connectivity index (χ4v) is 4.53. The van der Waals surface area contributed by atoms with Crippen molar-refractivity contribution in [1.82, 2.24) is 10.3 Å². The lowest BCUT2D eigenvalue weighted by molar-refractivity contribution is 0.251. The van der Waals surface area contributed by atoms with Gasteiger partial charge in [-0.15, -0.1) is 0 Å². The number of pyridine rings is 1. The molecule has 2 N–H and O–H groups in total. The van der Waals surface area contributed by atoms with E-state index in [0.717, 1.165) is 14.6 Å². The number of amides is 2. The number of nitrogens with zero attached hydrogens (tertiary/aromatic N) is 1. The first kappa shape index (κ1) is 17.5. The van der Waals surface area contributed by atoms with Gasteiger partial charge in [-0.25, -0.2) is 4.79 Å². The highest BCUT2D eigenvalue weighted by atomic mass is 32.2. The largest absolute Gasteiger partial charge is 0.606 e. The van der Waals surface area contributed by atoms with Crippen LogP contribution >= 0.6 is 11.3 Å². The van der Waals surface area contributed by atoms with Crippen LogP contribution in [-0.2, 0) is 17.7 Å². The van der Waals surface area contributed by atoms with E-state index in [9.17, 15) is 9.35 Å². The lowest BCUT2D eigenvalue weighted by Crippen LogP contribution is -2.28. The second-order valence-electron chi connectivity index (χ2n) is 5.33. The van der Waals surface area contributed by atoms with Crippen molar-refractivity contribution in [3.63, 3.8) is 0 Å². The molecule has 2 heterocycles. The number of urea groups is 1. The predicted molar refractivity (Wildman–Crippen MR) is 100 cm³/mol. The summed E-state index contributed by atoms with van der Waals surface area (Å²) in [6, 6.07) is 14.3. The van der Waals surface area contributed by atoms with Crippen molar-refractivity contribution in [2.45, 2.75) is 22.6 Å². The van der Waals surface area contributed by atoms with E-state index in [1.807, 2.05) is 31.2 Å². The number of carbonyl (C=O) groups is 1. The highest BCUT2D eigenvalue weighted by molar-refractivity contribution is 7.93. The molecule has 3 rings (SSSR count). The number of anilines is 1. The van der Waals surface area contributed by atoms with E-state index >= 15 is 0 Å². The first-order valence-corrected chi connectivity index (χ1v) is 9.60. The van der Waals surface area contributed by atoms with Crippen LogP contribution in [0.3, 0.4) is 0 Å². The zero-order valence-corrected chi connectivity index (χ0v) is 15.2. The number of carbonyl (C=O) groups excluding carboxylic acids is 1. The highest BCUT2D eigenvalue weighted by Crippen LogP contribution is 2.27. The normalized spacial score (nSPS) is 11.8. The lowest BCUT2D eigenvalue weighted by atomic mass is 10.3. The van der Waals surface area contributed by atoms with E-state index in [1.54, 1.807) is 36.7 Å². The van der Waals surface area contributed by atoms with Gasteiger partial charge in [-0.3, -0.25) is 4.98 Å². The van der Waals surface area contributed by atoms with Crippen LogP contribution in [0.15, 0.2) is 70.0 Å². The number of benzene rings is 1. The molecule has 0 radical (unpaired) electrons. The average Bonchev–Trinajstić information content (AvgIpc) is 3.07. The Labute approximate surface area is 153 Å². The summed E-state index contributed by atoms with van der Waals surface area (Å²) >= 11 is 0.333. The highest BCUT2D eigenvalue weighted by Gasteiger charge is 2.16. The van der Waals surface area contributed by atoms with Crippen LogP contribution in [0.4, 0.5) is 10.5 Å². The molecule has 0 fully saturated rings. The SMILES string of the molecule is Cc1ccc([S+]([O-])c2ccc(NC(=O)NCc3cccnc3)cc2)s1. The maximum Gasteiger partial charge on any atom is 0.319 e. The second kappa shape index (κ2) is 8.15. The van der Waals surface area contributed by atoms with Gasteiger partial charge in [-0.1, -0.05) is 17.4 Å². The number of rotatable bonds is 5. The van der Waals surface area contributed by atoms with Crippen molar-refractivity contribution >= 4 is 34.2 Å². The molecule has 128 valence electrons. The minimum absolute atomic E-state index is 0.299. The maximum atomic E-state index is 12.5. The molecule has 7 heteroatoms. The Kier molecular flexibility index (Phi) is 5.70. The molecule has 0 aliphatic heterocycles. The van der Waals surface area contributed by atoms with Gasteiger partial charge in [-0.05, 0) is 48.9 Å². The Morgan fingerprint density at radius 1 is 1.20 bits per heavy atom. The quantitative estimate of drug-likeness (QED) is 0.667. The molecule has 0 bridgehead atoms. The summed E-state index contributed by atoms with van der Waals surface area (Å²) in [5, 5.41) is 5.52. The first-order valence-electron chi connectivity index (χ1n) is 7.64. The molecule has 5 nitrogen and oxygen atoms in total. The monoisotopic (exact) mass is 371 g/mol. The minimum atomic E-state index is -1.19. The molecule has 0 aliphatic rings. The molecule has 1 aromatic carbocycles. The van der Waals surface area contributed by atoms with E-state index in [0.29, 0.717) is 17.1 Å². The number of hydrogen-bond donors (Lipinski definition) is 2. The van der Waals surface area contributed by atoms with Crippen LogP contribution in [0.5, 0.6) is 0 Å². The molecule has 2 amide bonds. The predicted octanol–water partition coefficient (Wildman–Crippen LogP) is 3.94. The average molecular weight is 371 g/mol. The number of aryl methyl sites for hydroxylation is 1. The van der Waals surface area contributed by atoms with Gasteiger partial charge in [0.05, 0.1) is 0 Å². The fourth-order valence-electron chi connectivity index (χ4n) is 2.15. The van der Waals surface area contributed by atoms with Crippen molar-refractivity contribution in [3.8, 4) is 0 Å². The molecule has 25 heavy (non-hydrogen) atoms. The molecule has 0 saturated heterocycles. The third kappa shape index (κ3) is 4.82. The van der Waals surface area contributed by atoms with Crippen LogP contribution in [0.25, 0.3) is 0 Å². The van der Waals surface area contributed by atoms with Crippen molar-refractivity contribution in [2.75, 3.05) is 5.32 Å². The molecule has 2 aromatic heterocycles. The third-order valence-electron chi connectivity index (χ3n) is 3.40. The Morgan fingerprint density at radius 2 is 2.00 bits per heavy atom. The van der Waals surface area contributed by atoms with Gasteiger partial charge in [0.1, 0.15) is 0 Å². The van der Waals surface area contributed by atoms with E-state index in [2.05, 4.69) is 15.6 Å². The van der Waals surface area contributed by atoms with E-state index in [4.69, 9.17) is 0 Å². The maximum absolute atomic E-state index is 12.5. The second-order valence-corrected chi connectivity index (χ2v) is 8.32. The van der Waals surface area contributed by atoms with Gasteiger partial charge in [0, 0.05) is 46.7 Å². The molecular weight excluding hydrogens is 354 g/mol. The molecule has 3 aromatic rings. The Balaban J connectivity index is 1.56. The van der Waals surface area contributed by atoms with Gasteiger partial charge in [0.2, 0.25) is 4.21 Å². The fraction of sp³-hybridized carbons (Fsp3) is 0.111. The molecular formula is C18H17N3O2S2. The zero-order chi connectivity index (χ0) is 17.6. The topological polar surface area (TPSA) is 77.1 Å². The van der Waals surface area contributed by atoms with Crippen molar-refractivity contribution < 1.29 is 9.35 Å². The summed E-state index contributed by atoms with van der Waals surface area (Å²) in [6.07, 6.45) is 3.39. The first-order chi connectivity index (χ1) is 12.1. The van der Waals surface area contributed by atoms with Crippen LogP contribution in [-0.4, -0.2) is 15.6 Å². The van der Waals surface area contributed by atoms with Gasteiger partial charge in [0.15, 0.2) is 4.90 Å². The number of nitrogens with one attached hydrogen (secondary N) is 2. The minimum Gasteiger partial charge on any atom is -0.606 e. The number of thiophene rings is 1. The molecule has 0 saturated carbocycles. The van der Waals surface area contributed by atoms with E-state index in [-0.39, 0.29) is 6.03 Å². The van der Waals surface area contributed by atoms with Crippen LogP contribution in [0, 0.1) is 6.92 Å². The van der Waals surface area contributed by atoms with E-state index < -0.39 is 11.2 Å². The molecule has 0 aliphatic carbocycles. The summed E-state index contributed by atoms with van der Waals surface area (Å²) in [4.78, 5) is 17.8. The summed E-state index contributed by atoms with van der Waals surface area (Å²) in [5.41, 5.74) is 1.57. The zero-order valence-electron chi connectivity index (χ0n) is 13.6. The smallest absolute Gasteiger partial charge is 0.319 e. The summed E-state index contributed by atoms with van der Waals surface area (Å²) in [6.45, 7) is 2.39. The summed E-state index contributed by atoms with van der Waals surface area (Å²) in [7, 11) is 0. The standard InChI is InChI=1S/C18H17N3O2S2/c1-13-4-9-17(24-13)25(23)16-7-5-15(6-8-16)21-18(22)20-12-14-3-2-10-19-11-14/h2-11H,12H2,1H3,(H2,20,21,22). The van der Waals surface area contributed by atoms with Gasteiger partial charge < -0.3 is 15.2 Å². The Morgan fingerprint density at radius 3 is 2.64 bits per heavy atom. The summed E-state index contributed by atoms with van der Waals surface area (Å²) in [5.74, 6) is 0. The van der Waals surface area contributed by atoms with Crippen molar-refractivity contribution in [2.24, 2.45) is 0 Å². The van der Waals surface area contributed by atoms with Crippen molar-refractivity contribution in [3.05, 3.63) is 71.4 Å². The Bertz CT molecular complexity index is 835. The van der Waals surface area contributed by atoms with E-state index in [1.165, 1.54) is 11.3 Å². The van der Waals surface area contributed by atoms with Gasteiger partial charge in [-0.2, -0.15) is 0 Å². The number of hydrogen-bond acceptors (Lipinski definition) is 4. The van der Waals surface area contributed by atoms with Crippen molar-refractivity contribution in [1.29, 1.82) is 0 Å². The Hall–Kier alpha value is -2.35. The molecule has 0 spiro atoms.